The third-order valence-electron chi connectivity index (χ3n) is 3.05. The number of hydrogen-bond donors (Lipinski definition) is 2. The van der Waals surface area contributed by atoms with Crippen LogP contribution in [0, 0.1) is 0 Å². The van der Waals surface area contributed by atoms with Crippen molar-refractivity contribution in [2.24, 2.45) is 5.10 Å². The van der Waals surface area contributed by atoms with Crippen LogP contribution in [0.3, 0.4) is 0 Å². The summed E-state index contributed by atoms with van der Waals surface area (Å²) in [6.45, 7) is -0.113. The number of nitrogens with zero attached hydrogens (tertiary/aromatic N) is 3. The number of aromatic nitrogens is 1. The second kappa shape index (κ2) is 6.85. The van der Waals surface area contributed by atoms with E-state index in [-0.39, 0.29) is 11.7 Å². The summed E-state index contributed by atoms with van der Waals surface area (Å²) in [4.78, 5) is 27.3. The number of nitrogens with one attached hydrogen (secondary N) is 2. The number of imide groups is 1. The molecule has 0 spiro atoms. The van der Waals surface area contributed by atoms with Gasteiger partial charge in [0.1, 0.15) is 12.3 Å². The molecule has 3 amide bonds. The molecule has 8 nitrogen and oxygen atoms in total. The minimum atomic E-state index is -0.566. The second-order valence-corrected chi connectivity index (χ2v) is 6.04. The van der Waals surface area contributed by atoms with Crippen molar-refractivity contribution in [2.75, 3.05) is 19.0 Å². The van der Waals surface area contributed by atoms with E-state index in [1.807, 2.05) is 24.3 Å². The van der Waals surface area contributed by atoms with Crippen LogP contribution in [0.25, 0.3) is 0 Å². The molecule has 1 saturated heterocycles. The van der Waals surface area contributed by atoms with Gasteiger partial charge in [-0.1, -0.05) is 35.1 Å². The number of urea groups is 1. The number of benzene rings is 1. The number of halogens is 1. The number of methoxy groups -OCH3 is 1. The van der Waals surface area contributed by atoms with Crippen LogP contribution < -0.4 is 15.4 Å². The highest BCUT2D eigenvalue weighted by Gasteiger charge is 2.26. The summed E-state index contributed by atoms with van der Waals surface area (Å²) in [6, 6.07) is 6.83. The highest BCUT2D eigenvalue weighted by Crippen LogP contribution is 2.31. The largest absolute Gasteiger partial charge is 0.495 e. The van der Waals surface area contributed by atoms with Crippen LogP contribution in [0.1, 0.15) is 4.88 Å². The van der Waals surface area contributed by atoms with Crippen molar-refractivity contribution in [3.05, 3.63) is 34.3 Å². The van der Waals surface area contributed by atoms with Crippen molar-refractivity contribution in [3.63, 3.8) is 0 Å². The summed E-state index contributed by atoms with van der Waals surface area (Å²) in [5.74, 6) is 0.275. The Balaban J connectivity index is 1.75. The first kappa shape index (κ1) is 16.2. The zero-order chi connectivity index (χ0) is 17.1. The molecule has 10 heteroatoms. The number of rotatable bonds is 5. The van der Waals surface area contributed by atoms with Crippen molar-refractivity contribution in [1.82, 2.24) is 15.3 Å². The number of hydrogen-bond acceptors (Lipinski definition) is 7. The molecule has 0 radical (unpaired) electrons. The minimum Gasteiger partial charge on any atom is -0.495 e. The molecule has 2 N–H and O–H groups in total. The van der Waals surface area contributed by atoms with Gasteiger partial charge in [-0.15, -0.1) is 0 Å². The molecule has 2 heterocycles. The van der Waals surface area contributed by atoms with E-state index in [1.165, 1.54) is 17.6 Å². The molecular formula is C14H12ClN5O3S. The first-order chi connectivity index (χ1) is 11.6. The summed E-state index contributed by atoms with van der Waals surface area (Å²) < 4.78 is 5.26. The van der Waals surface area contributed by atoms with Gasteiger partial charge in [0.15, 0.2) is 10.3 Å². The van der Waals surface area contributed by atoms with Gasteiger partial charge in [0.05, 0.1) is 23.9 Å². The number of ether oxygens (including phenoxy) is 1. The Kier molecular flexibility index (Phi) is 4.63. The van der Waals surface area contributed by atoms with Gasteiger partial charge < -0.3 is 10.1 Å². The Hall–Kier alpha value is -2.65. The van der Waals surface area contributed by atoms with Crippen molar-refractivity contribution in [1.29, 1.82) is 0 Å². The van der Waals surface area contributed by atoms with Crippen LogP contribution >= 0.6 is 22.9 Å². The molecule has 0 saturated carbocycles. The number of anilines is 2. The second-order valence-electron chi connectivity index (χ2n) is 4.65. The number of para-hydroxylation sites is 2. The SMILES string of the molecule is COc1ccccc1Nc1nc(Cl)c(/C=N/N2CC(=O)NC2=O)s1. The fourth-order valence-corrected chi connectivity index (χ4v) is 2.99. The van der Waals surface area contributed by atoms with E-state index in [0.29, 0.717) is 15.8 Å². The van der Waals surface area contributed by atoms with E-state index in [1.54, 1.807) is 7.11 Å². The van der Waals surface area contributed by atoms with Gasteiger partial charge in [0, 0.05) is 0 Å². The predicted molar refractivity (Wildman–Crippen MR) is 91.2 cm³/mol. The maximum atomic E-state index is 11.4. The first-order valence-electron chi connectivity index (χ1n) is 6.78. The van der Waals surface area contributed by atoms with Crippen LogP contribution in [-0.4, -0.2) is 41.8 Å². The van der Waals surface area contributed by atoms with Crippen molar-refractivity contribution < 1.29 is 14.3 Å². The quantitative estimate of drug-likeness (QED) is 0.626. The molecule has 2 aromatic rings. The lowest BCUT2D eigenvalue weighted by atomic mass is 10.3. The summed E-state index contributed by atoms with van der Waals surface area (Å²) in [5.41, 5.74) is 0.749. The Labute approximate surface area is 146 Å². The molecule has 3 rings (SSSR count). The van der Waals surface area contributed by atoms with Gasteiger partial charge in [0.2, 0.25) is 5.91 Å². The van der Waals surface area contributed by atoms with E-state index in [2.05, 4.69) is 20.7 Å². The first-order valence-corrected chi connectivity index (χ1v) is 7.98. The van der Waals surface area contributed by atoms with Gasteiger partial charge in [-0.3, -0.25) is 10.1 Å². The molecule has 1 aromatic carbocycles. The van der Waals surface area contributed by atoms with Gasteiger partial charge in [-0.2, -0.15) is 5.10 Å². The molecule has 0 bridgehead atoms. The van der Waals surface area contributed by atoms with Crippen LogP contribution in [0.15, 0.2) is 29.4 Å². The number of thiazole rings is 1. The molecule has 0 unspecified atom stereocenters. The van der Waals surface area contributed by atoms with Crippen LogP contribution in [0.4, 0.5) is 15.6 Å². The van der Waals surface area contributed by atoms with Crippen molar-refractivity contribution in [2.45, 2.75) is 0 Å². The molecule has 0 aliphatic carbocycles. The summed E-state index contributed by atoms with van der Waals surface area (Å²) in [5, 5.41) is 11.0. The van der Waals surface area contributed by atoms with Crippen LogP contribution in [-0.2, 0) is 4.79 Å². The maximum Gasteiger partial charge on any atom is 0.344 e. The van der Waals surface area contributed by atoms with E-state index in [0.717, 1.165) is 10.7 Å². The van der Waals surface area contributed by atoms with E-state index in [4.69, 9.17) is 16.3 Å². The van der Waals surface area contributed by atoms with Gasteiger partial charge in [0.25, 0.3) is 0 Å². The number of amides is 3. The zero-order valence-electron chi connectivity index (χ0n) is 12.4. The zero-order valence-corrected chi connectivity index (χ0v) is 14.0. The topological polar surface area (TPSA) is 95.9 Å². The Morgan fingerprint density at radius 1 is 1.46 bits per heavy atom. The average molecular weight is 366 g/mol. The number of carbonyl (C=O) groups excluding carboxylic acids is 2. The molecule has 0 atom stereocenters. The van der Waals surface area contributed by atoms with Crippen molar-refractivity contribution in [3.8, 4) is 5.75 Å². The van der Waals surface area contributed by atoms with Gasteiger partial charge in [-0.25, -0.2) is 14.8 Å². The van der Waals surface area contributed by atoms with E-state index >= 15 is 0 Å². The van der Waals surface area contributed by atoms with E-state index < -0.39 is 11.9 Å². The average Bonchev–Trinajstić information content (AvgIpc) is 3.07. The van der Waals surface area contributed by atoms with Crippen molar-refractivity contribution >= 4 is 51.9 Å². The molecule has 24 heavy (non-hydrogen) atoms. The Morgan fingerprint density at radius 3 is 2.96 bits per heavy atom. The lowest BCUT2D eigenvalue weighted by molar-refractivity contribution is -0.118. The smallest absolute Gasteiger partial charge is 0.344 e. The normalized spacial score (nSPS) is 14.3. The molecule has 1 aromatic heterocycles. The standard InChI is InChI=1S/C14H12ClN5O3S/c1-23-9-5-3-2-4-8(9)17-13-19-12(15)10(24-13)6-16-20-7-11(21)18-14(20)22/h2-6H,7H2,1H3,(H,17,19)(H,18,21,22)/b16-6+. The molecule has 1 aliphatic heterocycles. The molecule has 124 valence electrons. The highest BCUT2D eigenvalue weighted by atomic mass is 35.5. The maximum absolute atomic E-state index is 11.4. The summed E-state index contributed by atoms with van der Waals surface area (Å²) in [6.07, 6.45) is 1.39. The lowest BCUT2D eigenvalue weighted by Gasteiger charge is -2.07. The van der Waals surface area contributed by atoms with Crippen LogP contribution in [0.5, 0.6) is 5.75 Å². The van der Waals surface area contributed by atoms with E-state index in [9.17, 15) is 9.59 Å². The Bertz CT molecular complexity index is 822. The predicted octanol–water partition coefficient (Wildman–Crippen LogP) is 2.43. The third kappa shape index (κ3) is 3.47. The highest BCUT2D eigenvalue weighted by molar-refractivity contribution is 7.17. The lowest BCUT2D eigenvalue weighted by Crippen LogP contribution is -2.24. The minimum absolute atomic E-state index is 0.113. The Morgan fingerprint density at radius 2 is 2.25 bits per heavy atom. The fraction of sp³-hybridized carbons (Fsp3) is 0.143. The van der Waals surface area contributed by atoms with Gasteiger partial charge >= 0.3 is 6.03 Å². The van der Waals surface area contributed by atoms with Crippen LogP contribution in [0.2, 0.25) is 5.15 Å². The molecule has 1 aliphatic rings. The number of carbonyl (C=O) groups is 2. The fourth-order valence-electron chi connectivity index (χ4n) is 1.96. The molecule has 1 fully saturated rings. The summed E-state index contributed by atoms with van der Waals surface area (Å²) >= 11 is 7.34. The monoisotopic (exact) mass is 365 g/mol. The van der Waals surface area contributed by atoms with Gasteiger partial charge in [-0.05, 0) is 12.1 Å². The number of hydrazone groups is 1. The molecular weight excluding hydrogens is 354 g/mol. The third-order valence-corrected chi connectivity index (χ3v) is 4.35. The summed E-state index contributed by atoms with van der Waals surface area (Å²) in [7, 11) is 1.58.